The molecular formula is C35H30N2O5S. The predicted molar refractivity (Wildman–Crippen MR) is 168 cm³/mol. The third kappa shape index (κ3) is 5.37. The fourth-order valence-corrected chi connectivity index (χ4v) is 6.45. The average Bonchev–Trinajstić information content (AvgIpc) is 3.36. The van der Waals surface area contributed by atoms with Gasteiger partial charge >= 0.3 is 5.97 Å². The number of benzene rings is 4. The molecule has 0 saturated heterocycles. The molecule has 7 nitrogen and oxygen atoms in total. The van der Waals surface area contributed by atoms with Gasteiger partial charge in [-0.2, -0.15) is 0 Å². The van der Waals surface area contributed by atoms with Crippen molar-refractivity contribution in [3.63, 3.8) is 0 Å². The summed E-state index contributed by atoms with van der Waals surface area (Å²) >= 11 is 1.29. The summed E-state index contributed by atoms with van der Waals surface area (Å²) in [6, 6.07) is 28.8. The normalized spacial score (nSPS) is 14.8. The number of hydrogen-bond acceptors (Lipinski definition) is 7. The van der Waals surface area contributed by atoms with Crippen LogP contribution < -0.4 is 24.4 Å². The Balaban J connectivity index is 1.37. The van der Waals surface area contributed by atoms with Gasteiger partial charge in [0.25, 0.3) is 5.56 Å². The van der Waals surface area contributed by atoms with E-state index in [-0.39, 0.29) is 5.56 Å². The summed E-state index contributed by atoms with van der Waals surface area (Å²) in [5.74, 6) is 0.672. The van der Waals surface area contributed by atoms with Crippen LogP contribution in [0.4, 0.5) is 0 Å². The molecule has 6 rings (SSSR count). The highest BCUT2D eigenvalue weighted by Crippen LogP contribution is 2.32. The molecule has 0 unspecified atom stereocenters. The molecule has 5 aromatic rings. The van der Waals surface area contributed by atoms with Crippen molar-refractivity contribution in [3.8, 4) is 11.5 Å². The van der Waals surface area contributed by atoms with Gasteiger partial charge in [-0.15, -0.1) is 0 Å². The summed E-state index contributed by atoms with van der Waals surface area (Å²) in [6.45, 7) is 2.33. The standard InChI is InChI=1S/C35H30N2O5S/c1-4-27-31(34(39)41-3)32(24-12-6-5-7-13-24)37-33(38)30(43-35(37)36-27)20-22-17-18-28(29(19-22)40-2)42-21-25-15-10-14-23-11-8-9-16-26(23)25/h5-20,32H,4,21H2,1-3H3/b30-20-/t32-/m1/s1. The van der Waals surface area contributed by atoms with Crippen LogP contribution in [0.25, 0.3) is 16.8 Å². The van der Waals surface area contributed by atoms with E-state index < -0.39 is 12.0 Å². The van der Waals surface area contributed by atoms with Crippen LogP contribution in [0, 0.1) is 0 Å². The van der Waals surface area contributed by atoms with E-state index in [0.717, 1.165) is 27.5 Å². The average molecular weight is 591 g/mol. The second-order valence-corrected chi connectivity index (χ2v) is 11.0. The van der Waals surface area contributed by atoms with Crippen LogP contribution >= 0.6 is 11.3 Å². The van der Waals surface area contributed by atoms with E-state index >= 15 is 0 Å². The van der Waals surface area contributed by atoms with E-state index in [1.54, 1.807) is 11.7 Å². The number of carbonyl (C=O) groups excluding carboxylic acids is 1. The fraction of sp³-hybridized carbons (Fsp3) is 0.171. The van der Waals surface area contributed by atoms with Gasteiger partial charge in [-0.3, -0.25) is 9.36 Å². The van der Waals surface area contributed by atoms with Crippen molar-refractivity contribution >= 4 is 34.2 Å². The van der Waals surface area contributed by atoms with E-state index in [9.17, 15) is 9.59 Å². The minimum atomic E-state index is -0.638. The molecule has 1 aromatic heterocycles. The highest BCUT2D eigenvalue weighted by atomic mass is 32.1. The second kappa shape index (κ2) is 12.1. The minimum absolute atomic E-state index is 0.232. The van der Waals surface area contributed by atoms with Crippen molar-refractivity contribution in [1.29, 1.82) is 0 Å². The summed E-state index contributed by atoms with van der Waals surface area (Å²) in [5.41, 5.74) is 3.43. The summed E-state index contributed by atoms with van der Waals surface area (Å²) in [4.78, 5) is 32.1. The van der Waals surface area contributed by atoms with Gasteiger partial charge in [-0.05, 0) is 52.1 Å². The number of carbonyl (C=O) groups is 1. The number of aromatic nitrogens is 1. The van der Waals surface area contributed by atoms with Gasteiger partial charge in [0.15, 0.2) is 16.3 Å². The Hall–Kier alpha value is -4.95. The van der Waals surface area contributed by atoms with Gasteiger partial charge in [0.1, 0.15) is 6.61 Å². The molecule has 8 heteroatoms. The molecule has 4 aromatic carbocycles. The lowest BCUT2D eigenvalue weighted by atomic mass is 9.95. The Labute approximate surface area is 252 Å². The van der Waals surface area contributed by atoms with E-state index in [1.807, 2.05) is 79.7 Å². The van der Waals surface area contributed by atoms with E-state index in [2.05, 4.69) is 24.3 Å². The first kappa shape index (κ1) is 28.2. The van der Waals surface area contributed by atoms with Gasteiger partial charge in [0.2, 0.25) is 0 Å². The predicted octanol–water partition coefficient (Wildman–Crippen LogP) is 5.54. The van der Waals surface area contributed by atoms with Crippen molar-refractivity contribution in [1.82, 2.24) is 4.57 Å². The highest BCUT2D eigenvalue weighted by molar-refractivity contribution is 7.07. The molecule has 0 amide bonds. The fourth-order valence-electron chi connectivity index (χ4n) is 5.43. The van der Waals surface area contributed by atoms with Gasteiger partial charge in [0, 0.05) is 0 Å². The quantitative estimate of drug-likeness (QED) is 0.222. The number of hydrogen-bond donors (Lipinski definition) is 0. The minimum Gasteiger partial charge on any atom is -0.493 e. The molecule has 0 bridgehead atoms. The molecule has 2 heterocycles. The number of esters is 1. The largest absolute Gasteiger partial charge is 0.493 e. The Morgan fingerprint density at radius 1 is 0.953 bits per heavy atom. The number of rotatable bonds is 8. The third-order valence-electron chi connectivity index (χ3n) is 7.51. The summed E-state index contributed by atoms with van der Waals surface area (Å²) in [7, 11) is 2.94. The number of nitrogens with zero attached hydrogens (tertiary/aromatic N) is 2. The lowest BCUT2D eigenvalue weighted by molar-refractivity contribution is -0.136. The number of ether oxygens (including phenoxy) is 3. The molecule has 1 aliphatic heterocycles. The van der Waals surface area contributed by atoms with E-state index in [0.29, 0.717) is 45.1 Å². The Morgan fingerprint density at radius 3 is 2.49 bits per heavy atom. The molecule has 0 radical (unpaired) electrons. The van der Waals surface area contributed by atoms with Crippen LogP contribution in [0.15, 0.2) is 112 Å². The number of fused-ring (bicyclic) bond motifs is 2. The first-order valence-corrected chi connectivity index (χ1v) is 14.8. The molecule has 0 N–H and O–H groups in total. The van der Waals surface area contributed by atoms with E-state index in [1.165, 1.54) is 18.4 Å². The first-order chi connectivity index (χ1) is 21.0. The molecular weight excluding hydrogens is 560 g/mol. The molecule has 0 saturated carbocycles. The Bertz CT molecular complexity index is 2040. The SMILES string of the molecule is CCC1=C(C(=O)OC)[C@@H](c2ccccc2)n2c(s/c(=C\c3ccc(OCc4cccc5ccccc45)c(OC)c3)c2=O)=N1. The number of thiazole rings is 1. The van der Waals surface area contributed by atoms with Crippen molar-refractivity contribution in [2.24, 2.45) is 4.99 Å². The highest BCUT2D eigenvalue weighted by Gasteiger charge is 2.33. The molecule has 0 fully saturated rings. The van der Waals surface area contributed by atoms with Gasteiger partial charge in [-0.25, -0.2) is 9.79 Å². The third-order valence-corrected chi connectivity index (χ3v) is 8.50. The zero-order valence-corrected chi connectivity index (χ0v) is 24.9. The molecule has 216 valence electrons. The monoisotopic (exact) mass is 590 g/mol. The summed E-state index contributed by atoms with van der Waals surface area (Å²) in [5, 5.41) is 2.30. The summed E-state index contributed by atoms with van der Waals surface area (Å²) in [6.07, 6.45) is 2.34. The van der Waals surface area contributed by atoms with Crippen LogP contribution in [-0.2, 0) is 16.1 Å². The number of methoxy groups -OCH3 is 2. The summed E-state index contributed by atoms with van der Waals surface area (Å²) < 4.78 is 19.1. The van der Waals surface area contributed by atoms with Crippen molar-refractivity contribution in [2.75, 3.05) is 14.2 Å². The molecule has 43 heavy (non-hydrogen) atoms. The molecule has 1 atom stereocenters. The number of allylic oxidation sites excluding steroid dienone is 1. The van der Waals surface area contributed by atoms with Crippen molar-refractivity contribution in [2.45, 2.75) is 26.0 Å². The van der Waals surface area contributed by atoms with Crippen LogP contribution in [0.2, 0.25) is 0 Å². The van der Waals surface area contributed by atoms with Gasteiger partial charge in [0.05, 0.1) is 36.1 Å². The smallest absolute Gasteiger partial charge is 0.338 e. The van der Waals surface area contributed by atoms with E-state index in [4.69, 9.17) is 19.2 Å². The maximum absolute atomic E-state index is 13.9. The van der Waals surface area contributed by atoms with Gasteiger partial charge in [-0.1, -0.05) is 97.1 Å². The maximum Gasteiger partial charge on any atom is 0.338 e. The Kier molecular flexibility index (Phi) is 7.94. The zero-order chi connectivity index (χ0) is 29.9. The molecule has 0 spiro atoms. The van der Waals surface area contributed by atoms with Crippen molar-refractivity contribution < 1.29 is 19.0 Å². The van der Waals surface area contributed by atoms with Crippen molar-refractivity contribution in [3.05, 3.63) is 139 Å². The van der Waals surface area contributed by atoms with Crippen LogP contribution in [0.1, 0.15) is 36.1 Å². The second-order valence-electron chi connectivity index (χ2n) is 10.0. The Morgan fingerprint density at radius 2 is 1.72 bits per heavy atom. The van der Waals surface area contributed by atoms with Crippen LogP contribution in [-0.4, -0.2) is 24.8 Å². The topological polar surface area (TPSA) is 79.1 Å². The lowest BCUT2D eigenvalue weighted by Crippen LogP contribution is -2.40. The molecule has 1 aliphatic rings. The van der Waals surface area contributed by atoms with Gasteiger partial charge < -0.3 is 14.2 Å². The lowest BCUT2D eigenvalue weighted by Gasteiger charge is -2.25. The maximum atomic E-state index is 13.9. The van der Waals surface area contributed by atoms with Crippen LogP contribution in [0.3, 0.4) is 0 Å². The first-order valence-electron chi connectivity index (χ1n) is 14.0. The van der Waals surface area contributed by atoms with Crippen LogP contribution in [0.5, 0.6) is 11.5 Å². The molecule has 0 aliphatic carbocycles. The zero-order valence-electron chi connectivity index (χ0n) is 24.1.